The number of hydrogen-bond donors (Lipinski definition) is 9. The minimum atomic E-state index is -4.50. The van der Waals surface area contributed by atoms with Crippen molar-refractivity contribution >= 4 is 51.4 Å². The zero-order valence-electron chi connectivity index (χ0n) is 30.8. The van der Waals surface area contributed by atoms with Crippen LogP contribution in [0.4, 0.5) is 5.69 Å². The Kier molecular flexibility index (Phi) is 19.6. The molecule has 0 aliphatic heterocycles. The van der Waals surface area contributed by atoms with Crippen LogP contribution in [0.15, 0.2) is 36.5 Å². The summed E-state index contributed by atoms with van der Waals surface area (Å²) in [4.78, 5) is 73.7. The third kappa shape index (κ3) is 18.0. The van der Waals surface area contributed by atoms with E-state index in [0.717, 1.165) is 0 Å². The number of amides is 4. The number of benzene rings is 1. The molecule has 4 amide bonds. The molecule has 0 saturated carbocycles. The summed E-state index contributed by atoms with van der Waals surface area (Å²) in [6.45, 7) is 13.9. The lowest BCUT2D eigenvalue weighted by Crippen LogP contribution is -2.50. The Labute approximate surface area is 305 Å². The molecule has 18 heteroatoms. The molecule has 1 aromatic carbocycles. The number of carbonyl (C=O) groups excluding carboxylic acids is 4. The molecule has 3 atom stereocenters. The van der Waals surface area contributed by atoms with Crippen molar-refractivity contribution in [1.29, 1.82) is 0 Å². The molecule has 0 bridgehead atoms. The fourth-order valence-electron chi connectivity index (χ4n) is 5.04. The van der Waals surface area contributed by atoms with Crippen LogP contribution in [0.5, 0.6) is 0 Å². The molecule has 0 radical (unpaired) electrons. The van der Waals surface area contributed by atoms with Gasteiger partial charge in [-0.1, -0.05) is 34.3 Å². The molecule has 2 unspecified atom stereocenters. The van der Waals surface area contributed by atoms with Gasteiger partial charge < -0.3 is 42.9 Å². The molecule has 17 nitrogen and oxygen atoms in total. The number of unbranched alkanes of at least 4 members (excludes halogenated alkanes) is 1. The lowest BCUT2D eigenvalue weighted by molar-refractivity contribution is -0.150. The van der Waals surface area contributed by atoms with Crippen molar-refractivity contribution in [2.75, 3.05) is 18.0 Å². The van der Waals surface area contributed by atoms with Gasteiger partial charge in [-0.2, -0.15) is 8.42 Å². The van der Waals surface area contributed by atoms with E-state index >= 15 is 0 Å². The summed E-state index contributed by atoms with van der Waals surface area (Å²) >= 11 is 0. The third-order valence-electron chi connectivity index (χ3n) is 7.84. The molecule has 0 heterocycles. The first-order chi connectivity index (χ1) is 23.9. The van der Waals surface area contributed by atoms with Gasteiger partial charge >= 0.3 is 11.9 Å². The quantitative estimate of drug-likeness (QED) is 0.0438. The Balaban J connectivity index is 0.0000128. The minimum Gasteiger partial charge on any atom is -0.481 e. The second-order valence-corrected chi connectivity index (χ2v) is 14.9. The third-order valence-corrected chi connectivity index (χ3v) is 8.59. The Bertz CT molecular complexity index is 1510. The Morgan fingerprint density at radius 1 is 0.827 bits per heavy atom. The van der Waals surface area contributed by atoms with Gasteiger partial charge in [-0.05, 0) is 76.6 Å². The van der Waals surface area contributed by atoms with E-state index in [9.17, 15) is 52.0 Å². The van der Waals surface area contributed by atoms with Crippen LogP contribution >= 0.6 is 0 Å². The molecule has 294 valence electrons. The summed E-state index contributed by atoms with van der Waals surface area (Å²) < 4.78 is 32.2. The fourth-order valence-corrected chi connectivity index (χ4v) is 5.57. The number of hydrogen-bond acceptors (Lipinski definition) is 10. The number of aliphatic carboxylic acids is 2. The number of anilines is 1. The summed E-state index contributed by atoms with van der Waals surface area (Å²) in [6.07, 6.45) is -0.170. The van der Waals surface area contributed by atoms with Gasteiger partial charge in [0.05, 0.1) is 17.2 Å². The predicted molar refractivity (Wildman–Crippen MR) is 195 cm³/mol. The minimum absolute atomic E-state index is 0.105. The first-order valence-corrected chi connectivity index (χ1v) is 18.5. The zero-order chi connectivity index (χ0) is 40.4. The van der Waals surface area contributed by atoms with E-state index in [1.165, 1.54) is 27.7 Å². The molecule has 0 aliphatic rings. The highest BCUT2D eigenvalue weighted by Crippen LogP contribution is 2.34. The number of carbonyl (C=O) groups is 6. The van der Waals surface area contributed by atoms with Crippen molar-refractivity contribution in [2.24, 2.45) is 16.6 Å². The highest BCUT2D eigenvalue weighted by molar-refractivity contribution is 7.85. The normalized spacial score (nSPS) is 13.2. The molecule has 1 rings (SSSR count). The van der Waals surface area contributed by atoms with E-state index in [2.05, 4.69) is 27.8 Å². The van der Waals surface area contributed by atoms with E-state index in [1.54, 1.807) is 24.3 Å². The summed E-state index contributed by atoms with van der Waals surface area (Å²) in [6, 6.07) is 2.63. The predicted octanol–water partition coefficient (Wildman–Crippen LogP) is 1.79. The van der Waals surface area contributed by atoms with Crippen LogP contribution in [0, 0.1) is 10.8 Å². The smallest absolute Gasteiger partial charge is 0.326 e. The van der Waals surface area contributed by atoms with Gasteiger partial charge in [-0.15, -0.1) is 0 Å². The summed E-state index contributed by atoms with van der Waals surface area (Å²) in [5.41, 5.74) is 9.30. The number of primary amides is 1. The number of nitrogens with two attached hydrogens (primary N) is 2. The largest absolute Gasteiger partial charge is 0.481 e. The number of nitrogen functional groups attached to an aromatic ring is 1. The summed E-state index contributed by atoms with van der Waals surface area (Å²) in [5.74, 6) is -5.83. The van der Waals surface area contributed by atoms with Crippen LogP contribution in [0.3, 0.4) is 0 Å². The van der Waals surface area contributed by atoms with Crippen molar-refractivity contribution in [1.82, 2.24) is 21.3 Å². The van der Waals surface area contributed by atoms with E-state index in [-0.39, 0.29) is 37.3 Å². The van der Waals surface area contributed by atoms with E-state index in [0.29, 0.717) is 30.6 Å². The van der Waals surface area contributed by atoms with Gasteiger partial charge in [-0.25, -0.2) is 4.79 Å². The molecule has 11 N–H and O–H groups in total. The van der Waals surface area contributed by atoms with Crippen LogP contribution in [-0.2, 0) is 34.1 Å². The number of rotatable bonds is 23. The molecular weight excluding hydrogens is 700 g/mol. The van der Waals surface area contributed by atoms with Crippen LogP contribution in [-0.4, -0.2) is 89.2 Å². The van der Waals surface area contributed by atoms with Gasteiger partial charge in [0.25, 0.3) is 16.0 Å². The molecule has 0 aromatic heterocycles. The van der Waals surface area contributed by atoms with Gasteiger partial charge in [0.15, 0.2) is 0 Å². The van der Waals surface area contributed by atoms with Crippen molar-refractivity contribution in [3.63, 3.8) is 0 Å². The molecular formula is C34H56N6O11S. The van der Waals surface area contributed by atoms with Crippen molar-refractivity contribution < 1.29 is 52.0 Å². The standard InChI is InChI=1S/C32H50N6O11S.C2H6/c1-19(22(15-17-50(47,48)49)38-29(44)31(2,3)18-32(4,5)30(45)46)36-24(28(42)43)13-14-25(39)37-23(26(34)40)8-6-7-16-35-27(41)20-9-11-21(33)12-10-20;1-2/h9-12,22-24,36H,1,6-8,13-18,33H2,2-5H3,(H2,34,40)(H,35,41)(H,37,39)(H,38,44)(H,42,43)(H,45,46)(H,47,48,49);1-2H3/t22?,23-,24?;/m0./s1. The Hall–Kier alpha value is -4.71. The van der Waals surface area contributed by atoms with Gasteiger partial charge in [0.1, 0.15) is 12.1 Å². The Morgan fingerprint density at radius 3 is 1.90 bits per heavy atom. The maximum atomic E-state index is 13.2. The second kappa shape index (κ2) is 21.6. The Morgan fingerprint density at radius 2 is 1.40 bits per heavy atom. The first kappa shape index (κ1) is 47.3. The molecule has 0 aliphatic carbocycles. The van der Waals surface area contributed by atoms with E-state index in [1.807, 2.05) is 13.8 Å². The zero-order valence-corrected chi connectivity index (χ0v) is 31.6. The van der Waals surface area contributed by atoms with Crippen LogP contribution in [0.25, 0.3) is 0 Å². The molecule has 0 saturated heterocycles. The van der Waals surface area contributed by atoms with Crippen molar-refractivity contribution in [3.8, 4) is 0 Å². The fraction of sp³-hybridized carbons (Fsp3) is 0.588. The van der Waals surface area contributed by atoms with Crippen LogP contribution in [0.1, 0.15) is 96.8 Å². The highest BCUT2D eigenvalue weighted by atomic mass is 32.2. The summed E-state index contributed by atoms with van der Waals surface area (Å²) in [5, 5.41) is 29.7. The topological polar surface area (TPSA) is 297 Å². The number of carboxylic acids is 2. The maximum Gasteiger partial charge on any atom is 0.326 e. The van der Waals surface area contributed by atoms with E-state index in [4.69, 9.17) is 11.5 Å². The van der Waals surface area contributed by atoms with Gasteiger partial charge in [0, 0.05) is 35.3 Å². The average Bonchev–Trinajstić information content (AvgIpc) is 3.03. The van der Waals surface area contributed by atoms with Crippen LogP contribution in [0.2, 0.25) is 0 Å². The van der Waals surface area contributed by atoms with Crippen LogP contribution < -0.4 is 32.7 Å². The first-order valence-electron chi connectivity index (χ1n) is 16.8. The maximum absolute atomic E-state index is 13.2. The van der Waals surface area contributed by atoms with Gasteiger partial charge in [-0.3, -0.25) is 28.5 Å². The monoisotopic (exact) mass is 756 g/mol. The van der Waals surface area contributed by atoms with Gasteiger partial charge in [0.2, 0.25) is 17.7 Å². The highest BCUT2D eigenvalue weighted by Gasteiger charge is 2.40. The van der Waals surface area contributed by atoms with Crippen molar-refractivity contribution in [2.45, 2.75) is 105 Å². The SMILES string of the molecule is C=C(NC(CCC(=O)N[C@@H](CCCCNC(=O)c1ccc(N)cc1)C(N)=O)C(=O)O)C(CCS(=O)(=O)O)NC(=O)C(C)(C)CC(C)(C)C(=O)O.CC. The molecule has 52 heavy (non-hydrogen) atoms. The summed E-state index contributed by atoms with van der Waals surface area (Å²) in [7, 11) is -4.50. The molecule has 0 fully saturated rings. The lowest BCUT2D eigenvalue weighted by atomic mass is 9.74. The second-order valence-electron chi connectivity index (χ2n) is 13.3. The lowest BCUT2D eigenvalue weighted by Gasteiger charge is -2.33. The molecule has 1 aromatic rings. The number of carboxylic acid groups (broad SMARTS) is 2. The average molecular weight is 757 g/mol. The van der Waals surface area contributed by atoms with Crippen molar-refractivity contribution in [3.05, 3.63) is 42.1 Å². The molecule has 0 spiro atoms. The number of nitrogens with one attached hydrogen (secondary N) is 4. The van der Waals surface area contributed by atoms with E-state index < -0.39 is 80.9 Å².